The monoisotopic (exact) mass is 233 g/mol. The summed E-state index contributed by atoms with van der Waals surface area (Å²) in [7, 11) is 0. The van der Waals surface area contributed by atoms with Gasteiger partial charge in [0.2, 0.25) is 11.9 Å². The van der Waals surface area contributed by atoms with Crippen molar-refractivity contribution in [3.63, 3.8) is 0 Å². The average Bonchev–Trinajstić information content (AvgIpc) is 2.84. The van der Waals surface area contributed by atoms with Crippen molar-refractivity contribution in [3.8, 4) is 5.82 Å². The van der Waals surface area contributed by atoms with E-state index in [0.29, 0.717) is 5.82 Å². The van der Waals surface area contributed by atoms with Gasteiger partial charge in [0.1, 0.15) is 11.2 Å². The number of nitrogens with zero attached hydrogens (tertiary/aromatic N) is 5. The molecule has 7 nitrogen and oxygen atoms in total. The molecule has 80 valence electrons. The van der Waals surface area contributed by atoms with E-state index in [4.69, 9.17) is 11.5 Å². The highest BCUT2D eigenvalue weighted by atomic mass is 32.1. The Labute approximate surface area is 93.8 Å². The van der Waals surface area contributed by atoms with Crippen LogP contribution in [0.2, 0.25) is 0 Å². The summed E-state index contributed by atoms with van der Waals surface area (Å²) in [6.45, 7) is 0. The molecule has 0 aliphatic carbocycles. The van der Waals surface area contributed by atoms with Gasteiger partial charge in [0.05, 0.1) is 5.39 Å². The molecular formula is C8H7N7S. The minimum atomic E-state index is 0.125. The zero-order chi connectivity index (χ0) is 11.1. The quantitative estimate of drug-likeness (QED) is 0.631. The molecule has 3 heterocycles. The summed E-state index contributed by atoms with van der Waals surface area (Å²) in [4.78, 5) is 13.0. The number of thiophene rings is 1. The predicted molar refractivity (Wildman–Crippen MR) is 61.2 cm³/mol. The van der Waals surface area contributed by atoms with E-state index >= 15 is 0 Å². The van der Waals surface area contributed by atoms with Crippen molar-refractivity contribution in [2.45, 2.75) is 0 Å². The van der Waals surface area contributed by atoms with Crippen LogP contribution in [-0.4, -0.2) is 24.7 Å². The van der Waals surface area contributed by atoms with Crippen molar-refractivity contribution >= 4 is 33.5 Å². The Balaban J connectivity index is 2.33. The highest BCUT2D eigenvalue weighted by Gasteiger charge is 2.12. The van der Waals surface area contributed by atoms with Gasteiger partial charge in [-0.2, -0.15) is 9.67 Å². The third-order valence-electron chi connectivity index (χ3n) is 2.09. The third-order valence-corrected chi connectivity index (χ3v) is 2.91. The van der Waals surface area contributed by atoms with Crippen molar-refractivity contribution in [1.29, 1.82) is 0 Å². The summed E-state index contributed by atoms with van der Waals surface area (Å²) < 4.78 is 1.41. The van der Waals surface area contributed by atoms with Gasteiger partial charge in [0.15, 0.2) is 5.82 Å². The van der Waals surface area contributed by atoms with E-state index < -0.39 is 0 Å². The summed E-state index contributed by atoms with van der Waals surface area (Å²) in [6.07, 6.45) is 1.46. The average molecular weight is 233 g/mol. The molecule has 0 aromatic carbocycles. The van der Waals surface area contributed by atoms with Crippen LogP contribution in [0.4, 0.5) is 11.9 Å². The Bertz CT molecular complexity index is 655. The van der Waals surface area contributed by atoms with Crippen molar-refractivity contribution in [2.75, 3.05) is 11.5 Å². The summed E-state index contributed by atoms with van der Waals surface area (Å²) in [5, 5.41) is 6.79. The maximum atomic E-state index is 5.69. The first kappa shape index (κ1) is 9.04. The topological polar surface area (TPSA) is 109 Å². The summed E-state index contributed by atoms with van der Waals surface area (Å²) in [5.41, 5.74) is 11.2. The molecule has 0 saturated heterocycles. The summed E-state index contributed by atoms with van der Waals surface area (Å²) in [5.74, 6) is 0.927. The van der Waals surface area contributed by atoms with Gasteiger partial charge in [0.25, 0.3) is 0 Å². The molecule has 4 N–H and O–H groups in total. The molecule has 0 saturated carbocycles. The van der Waals surface area contributed by atoms with Gasteiger partial charge in [-0.3, -0.25) is 0 Å². The van der Waals surface area contributed by atoms with Gasteiger partial charge in [-0.15, -0.1) is 16.4 Å². The maximum absolute atomic E-state index is 5.69. The number of anilines is 2. The predicted octanol–water partition coefficient (Wildman–Crippen LogP) is 0.436. The normalized spacial score (nSPS) is 11.0. The molecule has 0 unspecified atom stereocenters. The van der Waals surface area contributed by atoms with Crippen LogP contribution in [0.1, 0.15) is 0 Å². The van der Waals surface area contributed by atoms with Crippen LogP contribution in [0.25, 0.3) is 16.0 Å². The lowest BCUT2D eigenvalue weighted by Crippen LogP contribution is -2.05. The molecule has 16 heavy (non-hydrogen) atoms. The number of aromatic nitrogens is 5. The molecular weight excluding hydrogens is 226 g/mol. The lowest BCUT2D eigenvalue weighted by Gasteiger charge is -2.01. The van der Waals surface area contributed by atoms with E-state index in [2.05, 4.69) is 20.1 Å². The van der Waals surface area contributed by atoms with E-state index in [0.717, 1.165) is 10.2 Å². The van der Waals surface area contributed by atoms with Crippen molar-refractivity contribution in [3.05, 3.63) is 17.8 Å². The van der Waals surface area contributed by atoms with Gasteiger partial charge in [-0.25, -0.2) is 9.97 Å². The first-order valence-electron chi connectivity index (χ1n) is 4.42. The fraction of sp³-hybridized carbons (Fsp3) is 0. The Morgan fingerprint density at radius 3 is 2.88 bits per heavy atom. The van der Waals surface area contributed by atoms with Gasteiger partial charge in [-0.1, -0.05) is 0 Å². The number of hydrogen-bond acceptors (Lipinski definition) is 7. The second kappa shape index (κ2) is 3.14. The Morgan fingerprint density at radius 1 is 1.25 bits per heavy atom. The van der Waals surface area contributed by atoms with E-state index in [1.807, 2.05) is 11.4 Å². The SMILES string of the molecule is Nc1nc(N)n(-c2ncnc3sccc23)n1. The number of nitrogen functional groups attached to an aromatic ring is 2. The summed E-state index contributed by atoms with van der Waals surface area (Å²) in [6, 6.07) is 1.91. The molecule has 8 heteroatoms. The van der Waals surface area contributed by atoms with E-state index in [9.17, 15) is 0 Å². The fourth-order valence-corrected chi connectivity index (χ4v) is 2.17. The van der Waals surface area contributed by atoms with Crippen molar-refractivity contribution < 1.29 is 0 Å². The highest BCUT2D eigenvalue weighted by molar-refractivity contribution is 7.16. The minimum absolute atomic E-state index is 0.125. The van der Waals surface area contributed by atoms with Crippen LogP contribution < -0.4 is 11.5 Å². The largest absolute Gasteiger partial charge is 0.368 e. The molecule has 0 bridgehead atoms. The number of hydrogen-bond donors (Lipinski definition) is 2. The number of rotatable bonds is 1. The second-order valence-electron chi connectivity index (χ2n) is 3.08. The lowest BCUT2D eigenvalue weighted by atomic mass is 10.4. The van der Waals surface area contributed by atoms with Gasteiger partial charge in [-0.05, 0) is 11.4 Å². The standard InChI is InChI=1S/C8H7N7S/c9-7-13-8(10)15(14-7)5-4-1-2-16-6(4)12-3-11-5/h1-3H,(H4,9,10,13,14). The van der Waals surface area contributed by atoms with Gasteiger partial charge >= 0.3 is 0 Å². The fourth-order valence-electron chi connectivity index (χ4n) is 1.44. The first-order chi connectivity index (χ1) is 7.75. The second-order valence-corrected chi connectivity index (χ2v) is 3.97. The molecule has 0 radical (unpaired) electrons. The van der Waals surface area contributed by atoms with Crippen LogP contribution in [0.15, 0.2) is 17.8 Å². The molecule has 3 aromatic heterocycles. The number of nitrogens with two attached hydrogens (primary N) is 2. The maximum Gasteiger partial charge on any atom is 0.241 e. The molecule has 3 rings (SSSR count). The van der Waals surface area contributed by atoms with Crippen LogP contribution in [0.3, 0.4) is 0 Å². The molecule has 0 atom stereocenters. The van der Waals surface area contributed by atoms with Gasteiger partial charge in [0, 0.05) is 0 Å². The Kier molecular flexibility index (Phi) is 1.77. The highest BCUT2D eigenvalue weighted by Crippen LogP contribution is 2.23. The Morgan fingerprint density at radius 2 is 2.12 bits per heavy atom. The molecule has 3 aromatic rings. The minimum Gasteiger partial charge on any atom is -0.368 e. The summed E-state index contributed by atoms with van der Waals surface area (Å²) >= 11 is 1.52. The van der Waals surface area contributed by atoms with E-state index in [1.165, 1.54) is 22.3 Å². The van der Waals surface area contributed by atoms with Crippen LogP contribution in [0.5, 0.6) is 0 Å². The zero-order valence-corrected chi connectivity index (χ0v) is 8.85. The molecule has 0 amide bonds. The van der Waals surface area contributed by atoms with Crippen molar-refractivity contribution in [1.82, 2.24) is 24.7 Å². The third kappa shape index (κ3) is 1.20. The van der Waals surface area contributed by atoms with Crippen LogP contribution >= 0.6 is 11.3 Å². The van der Waals surface area contributed by atoms with Crippen LogP contribution in [-0.2, 0) is 0 Å². The molecule has 0 fully saturated rings. The lowest BCUT2D eigenvalue weighted by molar-refractivity contribution is 0.865. The van der Waals surface area contributed by atoms with Crippen LogP contribution in [0, 0.1) is 0 Å². The van der Waals surface area contributed by atoms with Crippen molar-refractivity contribution in [2.24, 2.45) is 0 Å². The number of fused-ring (bicyclic) bond motifs is 1. The molecule has 0 spiro atoms. The van der Waals surface area contributed by atoms with E-state index in [1.54, 1.807) is 0 Å². The van der Waals surface area contributed by atoms with E-state index in [-0.39, 0.29) is 11.9 Å². The molecule has 0 aliphatic heterocycles. The first-order valence-corrected chi connectivity index (χ1v) is 5.30. The Hall–Kier alpha value is -2.22. The van der Waals surface area contributed by atoms with Gasteiger partial charge < -0.3 is 11.5 Å². The molecule has 0 aliphatic rings. The zero-order valence-electron chi connectivity index (χ0n) is 8.03. The smallest absolute Gasteiger partial charge is 0.241 e.